The van der Waals surface area contributed by atoms with Gasteiger partial charge in [-0.05, 0) is 30.7 Å². The molecule has 8 nitrogen and oxygen atoms in total. The Hall–Kier alpha value is -2.87. The number of rotatable bonds is 4. The lowest BCUT2D eigenvalue weighted by molar-refractivity contribution is 0.0746. The van der Waals surface area contributed by atoms with Crippen molar-refractivity contribution in [1.29, 1.82) is 0 Å². The molecule has 2 saturated heterocycles. The van der Waals surface area contributed by atoms with Gasteiger partial charge in [-0.3, -0.25) is 4.79 Å². The van der Waals surface area contributed by atoms with Crippen molar-refractivity contribution in [3.8, 4) is 5.75 Å². The molecule has 0 radical (unpaired) electrons. The molecule has 0 spiro atoms. The predicted octanol–water partition coefficient (Wildman–Crippen LogP) is 1.02. The zero-order valence-electron chi connectivity index (χ0n) is 16.0. The largest absolute Gasteiger partial charge is 0.497 e. The van der Waals surface area contributed by atoms with Crippen molar-refractivity contribution in [2.45, 2.75) is 12.5 Å². The maximum absolute atomic E-state index is 12.8. The van der Waals surface area contributed by atoms with Gasteiger partial charge in [0.15, 0.2) is 0 Å². The number of carbonyl (C=O) groups excluding carboxylic acids is 1. The van der Waals surface area contributed by atoms with Crippen LogP contribution in [0.5, 0.6) is 5.75 Å². The molecule has 2 aromatic rings. The van der Waals surface area contributed by atoms with Gasteiger partial charge in [-0.1, -0.05) is 6.07 Å². The summed E-state index contributed by atoms with van der Waals surface area (Å²) in [5.41, 5.74) is 0.638. The van der Waals surface area contributed by atoms with Gasteiger partial charge in [0.1, 0.15) is 11.6 Å². The SMILES string of the molecule is COc1cccc(C(=O)N2CCN(c3nccc(N4CC[C@@H](O)C4)n3)CC2)c1. The number of aliphatic hydroxyl groups is 1. The maximum atomic E-state index is 12.8. The quantitative estimate of drug-likeness (QED) is 0.844. The lowest BCUT2D eigenvalue weighted by Crippen LogP contribution is -2.49. The van der Waals surface area contributed by atoms with Crippen molar-refractivity contribution in [3.63, 3.8) is 0 Å². The Morgan fingerprint density at radius 2 is 1.96 bits per heavy atom. The van der Waals surface area contributed by atoms with Gasteiger partial charge < -0.3 is 24.5 Å². The smallest absolute Gasteiger partial charge is 0.254 e. The van der Waals surface area contributed by atoms with Gasteiger partial charge in [0.05, 0.1) is 13.2 Å². The van der Waals surface area contributed by atoms with Crippen LogP contribution in [0.3, 0.4) is 0 Å². The Bertz CT molecular complexity index is 838. The molecule has 1 N–H and O–H groups in total. The van der Waals surface area contributed by atoms with Gasteiger partial charge in [0, 0.05) is 51.0 Å². The second-order valence-electron chi connectivity index (χ2n) is 7.11. The Morgan fingerprint density at radius 1 is 1.14 bits per heavy atom. The van der Waals surface area contributed by atoms with Crippen molar-refractivity contribution in [3.05, 3.63) is 42.1 Å². The zero-order chi connectivity index (χ0) is 19.5. The molecule has 4 rings (SSSR count). The summed E-state index contributed by atoms with van der Waals surface area (Å²) in [6, 6.07) is 9.12. The topological polar surface area (TPSA) is 82.0 Å². The van der Waals surface area contributed by atoms with Crippen LogP contribution in [0.1, 0.15) is 16.8 Å². The summed E-state index contributed by atoms with van der Waals surface area (Å²) in [5.74, 6) is 2.21. The van der Waals surface area contributed by atoms with Crippen molar-refractivity contribution in [2.75, 3.05) is 56.2 Å². The van der Waals surface area contributed by atoms with Crippen LogP contribution in [0.2, 0.25) is 0 Å². The predicted molar refractivity (Wildman–Crippen MR) is 106 cm³/mol. The van der Waals surface area contributed by atoms with Gasteiger partial charge in [-0.25, -0.2) is 4.98 Å². The first kappa shape index (κ1) is 18.5. The number of nitrogens with zero attached hydrogens (tertiary/aromatic N) is 5. The van der Waals surface area contributed by atoms with E-state index in [0.29, 0.717) is 50.0 Å². The van der Waals surface area contributed by atoms with Gasteiger partial charge in [-0.2, -0.15) is 4.98 Å². The highest BCUT2D eigenvalue weighted by atomic mass is 16.5. The summed E-state index contributed by atoms with van der Waals surface area (Å²) in [6.45, 7) is 4.02. The number of carbonyl (C=O) groups is 1. The molecule has 1 atom stereocenters. The van der Waals surface area contributed by atoms with Crippen molar-refractivity contribution < 1.29 is 14.6 Å². The lowest BCUT2D eigenvalue weighted by Gasteiger charge is -2.35. The summed E-state index contributed by atoms with van der Waals surface area (Å²) in [5, 5.41) is 9.75. The van der Waals surface area contributed by atoms with Gasteiger partial charge in [0.25, 0.3) is 5.91 Å². The van der Waals surface area contributed by atoms with Crippen LogP contribution in [-0.2, 0) is 0 Å². The number of hydrogen-bond donors (Lipinski definition) is 1. The molecule has 0 unspecified atom stereocenters. The number of amides is 1. The first-order chi connectivity index (χ1) is 13.6. The van der Waals surface area contributed by atoms with Gasteiger partial charge >= 0.3 is 0 Å². The third-order valence-corrected chi connectivity index (χ3v) is 5.28. The Morgan fingerprint density at radius 3 is 2.68 bits per heavy atom. The third-order valence-electron chi connectivity index (χ3n) is 5.28. The van der Waals surface area contributed by atoms with E-state index in [0.717, 1.165) is 18.8 Å². The highest BCUT2D eigenvalue weighted by molar-refractivity contribution is 5.94. The van der Waals surface area contributed by atoms with E-state index in [1.54, 1.807) is 19.4 Å². The van der Waals surface area contributed by atoms with Crippen LogP contribution in [0.4, 0.5) is 11.8 Å². The average molecular weight is 383 g/mol. The standard InChI is InChI=1S/C20H25N5O3/c1-28-17-4-2-3-15(13-17)19(27)23-9-11-24(12-10-23)20-21-7-5-18(22-20)25-8-6-16(26)14-25/h2-5,7,13,16,26H,6,8-12,14H2,1H3/t16-/m1/s1. The molecule has 3 heterocycles. The van der Waals surface area contributed by atoms with E-state index in [2.05, 4.69) is 19.8 Å². The number of methoxy groups -OCH3 is 1. The Labute approximate surface area is 164 Å². The molecule has 28 heavy (non-hydrogen) atoms. The fourth-order valence-electron chi connectivity index (χ4n) is 3.67. The molecule has 2 fully saturated rings. The summed E-state index contributed by atoms with van der Waals surface area (Å²) < 4.78 is 5.21. The number of aliphatic hydroxyl groups excluding tert-OH is 1. The number of aromatic nitrogens is 2. The van der Waals surface area contributed by atoms with Crippen LogP contribution in [0.15, 0.2) is 36.5 Å². The van der Waals surface area contributed by atoms with Crippen LogP contribution in [-0.4, -0.2) is 78.4 Å². The summed E-state index contributed by atoms with van der Waals surface area (Å²) >= 11 is 0. The molecule has 0 bridgehead atoms. The molecule has 1 aromatic heterocycles. The maximum Gasteiger partial charge on any atom is 0.254 e. The van der Waals surface area contributed by atoms with E-state index in [1.165, 1.54) is 0 Å². The minimum absolute atomic E-state index is 0.0132. The minimum atomic E-state index is -0.287. The van der Waals surface area contributed by atoms with Crippen molar-refractivity contribution >= 4 is 17.7 Å². The number of benzene rings is 1. The Balaban J connectivity index is 1.39. The molecular weight excluding hydrogens is 358 g/mol. The van der Waals surface area contributed by atoms with Crippen LogP contribution in [0, 0.1) is 0 Å². The molecule has 0 aliphatic carbocycles. The molecule has 1 amide bonds. The van der Waals surface area contributed by atoms with E-state index < -0.39 is 0 Å². The second-order valence-corrected chi connectivity index (χ2v) is 7.11. The molecule has 2 aliphatic heterocycles. The molecular formula is C20H25N5O3. The van der Waals surface area contributed by atoms with E-state index >= 15 is 0 Å². The van der Waals surface area contributed by atoms with Crippen LogP contribution in [0.25, 0.3) is 0 Å². The minimum Gasteiger partial charge on any atom is -0.497 e. The molecule has 0 saturated carbocycles. The summed E-state index contributed by atoms with van der Waals surface area (Å²) in [4.78, 5) is 27.9. The normalized spacial score (nSPS) is 19.8. The Kier molecular flexibility index (Phi) is 5.29. The molecule has 148 valence electrons. The second kappa shape index (κ2) is 8.02. The van der Waals surface area contributed by atoms with Crippen molar-refractivity contribution in [2.24, 2.45) is 0 Å². The van der Waals surface area contributed by atoms with Gasteiger partial charge in [-0.15, -0.1) is 0 Å². The summed E-state index contributed by atoms with van der Waals surface area (Å²) in [7, 11) is 1.60. The van der Waals surface area contributed by atoms with Crippen LogP contribution < -0.4 is 14.5 Å². The fraction of sp³-hybridized carbons (Fsp3) is 0.450. The first-order valence-corrected chi connectivity index (χ1v) is 9.58. The average Bonchev–Trinajstić information content (AvgIpc) is 3.20. The van der Waals surface area contributed by atoms with E-state index in [4.69, 9.17) is 4.74 Å². The lowest BCUT2D eigenvalue weighted by atomic mass is 10.1. The van der Waals surface area contributed by atoms with Crippen LogP contribution >= 0.6 is 0 Å². The molecule has 2 aliphatic rings. The fourth-order valence-corrected chi connectivity index (χ4v) is 3.67. The zero-order valence-corrected chi connectivity index (χ0v) is 16.0. The highest BCUT2D eigenvalue weighted by Gasteiger charge is 2.25. The van der Waals surface area contributed by atoms with Crippen molar-refractivity contribution in [1.82, 2.24) is 14.9 Å². The third kappa shape index (κ3) is 3.87. The highest BCUT2D eigenvalue weighted by Crippen LogP contribution is 2.21. The first-order valence-electron chi connectivity index (χ1n) is 9.58. The molecule has 8 heteroatoms. The number of hydrogen-bond acceptors (Lipinski definition) is 7. The van der Waals surface area contributed by atoms with E-state index in [1.807, 2.05) is 29.2 Å². The van der Waals surface area contributed by atoms with E-state index in [-0.39, 0.29) is 12.0 Å². The molecule has 1 aromatic carbocycles. The summed E-state index contributed by atoms with van der Waals surface area (Å²) in [6.07, 6.45) is 2.24. The van der Waals surface area contributed by atoms with E-state index in [9.17, 15) is 9.90 Å². The monoisotopic (exact) mass is 383 g/mol. The number of ether oxygens (including phenoxy) is 1. The van der Waals surface area contributed by atoms with Gasteiger partial charge in [0.2, 0.25) is 5.95 Å². The number of piperazine rings is 1. The number of β-amino-alcohol motifs (C(OH)–C–C–N with tert-alkyl or cyclic N) is 1. The number of anilines is 2.